The number of hydrogen-bond donors (Lipinski definition) is 0. The van der Waals surface area contributed by atoms with E-state index in [-0.39, 0.29) is 12.1 Å². The molecule has 2 rings (SSSR count). The Kier molecular flexibility index (Phi) is 4.65. The van der Waals surface area contributed by atoms with E-state index in [0.29, 0.717) is 13.1 Å². The number of piperazine rings is 1. The van der Waals surface area contributed by atoms with Crippen LogP contribution in [0.4, 0.5) is 17.6 Å². The van der Waals surface area contributed by atoms with Gasteiger partial charge in [0, 0.05) is 32.7 Å². The molecule has 0 N–H and O–H groups in total. The van der Waals surface area contributed by atoms with Crippen LogP contribution in [0, 0.1) is 5.82 Å². The molecule has 0 saturated carbocycles. The molecule has 1 aliphatic rings. The molecule has 1 heterocycles. The van der Waals surface area contributed by atoms with Gasteiger partial charge in [0.1, 0.15) is 5.82 Å². The summed E-state index contributed by atoms with van der Waals surface area (Å²) in [5.41, 5.74) is -0.723. The van der Waals surface area contributed by atoms with E-state index in [1.165, 1.54) is 0 Å². The van der Waals surface area contributed by atoms with Gasteiger partial charge in [-0.25, -0.2) is 4.39 Å². The molecule has 0 unspecified atom stereocenters. The highest BCUT2D eigenvalue weighted by atomic mass is 19.4. The van der Waals surface area contributed by atoms with Crippen molar-refractivity contribution >= 4 is 0 Å². The van der Waals surface area contributed by atoms with Crippen LogP contribution in [0.5, 0.6) is 0 Å². The quantitative estimate of drug-likeness (QED) is 0.790. The third-order valence-electron chi connectivity index (χ3n) is 3.68. The Morgan fingerprint density at radius 1 is 1.05 bits per heavy atom. The first-order valence-corrected chi connectivity index (χ1v) is 6.70. The summed E-state index contributed by atoms with van der Waals surface area (Å²) in [6.07, 6.45) is -4.44. The van der Waals surface area contributed by atoms with Gasteiger partial charge < -0.3 is 4.90 Å². The lowest BCUT2D eigenvalue weighted by molar-refractivity contribution is -0.138. The molecule has 0 bridgehead atoms. The second kappa shape index (κ2) is 6.10. The zero-order valence-corrected chi connectivity index (χ0v) is 11.4. The normalized spacial score (nSPS) is 18.4. The molecule has 2 nitrogen and oxygen atoms in total. The molecular formula is C14H18F4N2. The molecule has 1 saturated heterocycles. The van der Waals surface area contributed by atoms with Crippen molar-refractivity contribution in [3.05, 3.63) is 35.1 Å². The fraction of sp³-hybridized carbons (Fsp3) is 0.571. The summed E-state index contributed by atoms with van der Waals surface area (Å²) >= 11 is 0. The summed E-state index contributed by atoms with van der Waals surface area (Å²) in [5, 5.41) is 0. The van der Waals surface area contributed by atoms with Crippen molar-refractivity contribution in [2.75, 3.05) is 32.7 Å². The van der Waals surface area contributed by atoms with E-state index in [9.17, 15) is 17.6 Å². The van der Waals surface area contributed by atoms with Gasteiger partial charge in [0.2, 0.25) is 0 Å². The summed E-state index contributed by atoms with van der Waals surface area (Å²) in [5.74, 6) is -0.625. The highest BCUT2D eigenvalue weighted by Crippen LogP contribution is 2.33. The minimum Gasteiger partial charge on any atom is -0.301 e. The largest absolute Gasteiger partial charge is 0.416 e. The Morgan fingerprint density at radius 3 is 2.20 bits per heavy atom. The standard InChI is InChI=1S/C14H18F4N2/c1-2-19-5-7-20(8-6-19)10-11-9-12(15)3-4-13(11)14(16,17)18/h3-4,9H,2,5-8,10H2,1H3. The molecule has 0 aliphatic carbocycles. The molecular weight excluding hydrogens is 272 g/mol. The van der Waals surface area contributed by atoms with Crippen molar-refractivity contribution in [1.82, 2.24) is 9.80 Å². The van der Waals surface area contributed by atoms with Crippen LogP contribution in [-0.4, -0.2) is 42.5 Å². The summed E-state index contributed by atoms with van der Waals surface area (Å²) in [6.45, 7) is 6.25. The van der Waals surface area contributed by atoms with E-state index in [4.69, 9.17) is 0 Å². The average molecular weight is 290 g/mol. The van der Waals surface area contributed by atoms with Crippen LogP contribution in [0.3, 0.4) is 0 Å². The minimum atomic E-state index is -4.44. The van der Waals surface area contributed by atoms with Crippen LogP contribution < -0.4 is 0 Å². The summed E-state index contributed by atoms with van der Waals surface area (Å²) in [6, 6.07) is 2.68. The summed E-state index contributed by atoms with van der Waals surface area (Å²) in [7, 11) is 0. The maximum absolute atomic E-state index is 13.2. The van der Waals surface area contributed by atoms with Crippen LogP contribution >= 0.6 is 0 Å². The van der Waals surface area contributed by atoms with Crippen LogP contribution in [0.1, 0.15) is 18.1 Å². The fourth-order valence-corrected chi connectivity index (χ4v) is 2.47. The Hall–Kier alpha value is -1.14. The van der Waals surface area contributed by atoms with Crippen molar-refractivity contribution in [2.24, 2.45) is 0 Å². The fourth-order valence-electron chi connectivity index (χ4n) is 2.47. The number of rotatable bonds is 3. The smallest absolute Gasteiger partial charge is 0.301 e. The topological polar surface area (TPSA) is 6.48 Å². The maximum Gasteiger partial charge on any atom is 0.416 e. The molecule has 0 amide bonds. The Labute approximate surface area is 116 Å². The highest BCUT2D eigenvalue weighted by Gasteiger charge is 2.34. The zero-order chi connectivity index (χ0) is 14.8. The van der Waals surface area contributed by atoms with Crippen molar-refractivity contribution in [3.63, 3.8) is 0 Å². The lowest BCUT2D eigenvalue weighted by Gasteiger charge is -2.34. The van der Waals surface area contributed by atoms with Gasteiger partial charge in [0.15, 0.2) is 0 Å². The number of benzene rings is 1. The van der Waals surface area contributed by atoms with Crippen LogP contribution in [0.2, 0.25) is 0 Å². The van der Waals surface area contributed by atoms with Gasteiger partial charge in [-0.05, 0) is 30.3 Å². The molecule has 1 aliphatic heterocycles. The van der Waals surface area contributed by atoms with Gasteiger partial charge in [0.25, 0.3) is 0 Å². The molecule has 0 radical (unpaired) electrons. The van der Waals surface area contributed by atoms with E-state index in [0.717, 1.165) is 37.8 Å². The van der Waals surface area contributed by atoms with Crippen molar-refractivity contribution in [2.45, 2.75) is 19.6 Å². The molecule has 0 aromatic heterocycles. The highest BCUT2D eigenvalue weighted by molar-refractivity contribution is 5.30. The van der Waals surface area contributed by atoms with Gasteiger partial charge >= 0.3 is 6.18 Å². The first-order chi connectivity index (χ1) is 9.40. The number of likely N-dealkylation sites (N-methyl/N-ethyl adjacent to an activating group) is 1. The molecule has 0 atom stereocenters. The van der Waals surface area contributed by atoms with E-state index >= 15 is 0 Å². The number of alkyl halides is 3. The third kappa shape index (κ3) is 3.70. The van der Waals surface area contributed by atoms with E-state index in [2.05, 4.69) is 11.8 Å². The third-order valence-corrected chi connectivity index (χ3v) is 3.68. The summed E-state index contributed by atoms with van der Waals surface area (Å²) < 4.78 is 51.9. The van der Waals surface area contributed by atoms with E-state index < -0.39 is 17.6 Å². The maximum atomic E-state index is 13.2. The van der Waals surface area contributed by atoms with Crippen molar-refractivity contribution in [1.29, 1.82) is 0 Å². The molecule has 112 valence electrons. The second-order valence-electron chi connectivity index (χ2n) is 5.01. The lowest BCUT2D eigenvalue weighted by atomic mass is 10.1. The zero-order valence-electron chi connectivity index (χ0n) is 11.4. The monoisotopic (exact) mass is 290 g/mol. The SMILES string of the molecule is CCN1CCN(Cc2cc(F)ccc2C(F)(F)F)CC1. The van der Waals surface area contributed by atoms with Crippen LogP contribution in [-0.2, 0) is 12.7 Å². The predicted octanol–water partition coefficient (Wildman–Crippen LogP) is 2.98. The van der Waals surface area contributed by atoms with Gasteiger partial charge in [-0.3, -0.25) is 4.90 Å². The molecule has 1 fully saturated rings. The average Bonchev–Trinajstić information content (AvgIpc) is 2.38. The van der Waals surface area contributed by atoms with Crippen molar-refractivity contribution < 1.29 is 17.6 Å². The molecule has 1 aromatic rings. The van der Waals surface area contributed by atoms with Crippen LogP contribution in [0.15, 0.2) is 18.2 Å². The van der Waals surface area contributed by atoms with Gasteiger partial charge in [0.05, 0.1) is 5.56 Å². The Bertz CT molecular complexity index is 451. The lowest BCUT2D eigenvalue weighted by Crippen LogP contribution is -2.45. The molecule has 6 heteroatoms. The summed E-state index contributed by atoms with van der Waals surface area (Å²) in [4.78, 5) is 4.18. The first kappa shape index (κ1) is 15.3. The van der Waals surface area contributed by atoms with Gasteiger partial charge in [-0.1, -0.05) is 6.92 Å². The van der Waals surface area contributed by atoms with Gasteiger partial charge in [-0.2, -0.15) is 13.2 Å². The Balaban J connectivity index is 2.11. The van der Waals surface area contributed by atoms with Crippen LogP contribution in [0.25, 0.3) is 0 Å². The second-order valence-corrected chi connectivity index (χ2v) is 5.01. The van der Waals surface area contributed by atoms with E-state index in [1.807, 2.05) is 4.90 Å². The number of halogens is 4. The Morgan fingerprint density at radius 2 is 1.65 bits per heavy atom. The number of nitrogens with zero attached hydrogens (tertiary/aromatic N) is 2. The van der Waals surface area contributed by atoms with Crippen molar-refractivity contribution in [3.8, 4) is 0 Å². The molecule has 20 heavy (non-hydrogen) atoms. The predicted molar refractivity (Wildman–Crippen MR) is 68.8 cm³/mol. The molecule has 0 spiro atoms. The first-order valence-electron chi connectivity index (χ1n) is 6.70. The van der Waals surface area contributed by atoms with E-state index in [1.54, 1.807) is 0 Å². The minimum absolute atomic E-state index is 0.0162. The molecule has 1 aromatic carbocycles. The number of hydrogen-bond acceptors (Lipinski definition) is 2. The van der Waals surface area contributed by atoms with Gasteiger partial charge in [-0.15, -0.1) is 0 Å².